The first kappa shape index (κ1) is 18.3. The topological polar surface area (TPSA) is 44.1 Å². The number of hydrogen-bond acceptors (Lipinski definition) is 3. The number of ether oxygens (including phenoxy) is 1. The maximum Gasteiger partial charge on any atom is 0.257 e. The lowest BCUT2D eigenvalue weighted by Gasteiger charge is -2.26. The summed E-state index contributed by atoms with van der Waals surface area (Å²) in [6.07, 6.45) is 4.23. The molecule has 1 aromatic heterocycles. The fourth-order valence-electron chi connectivity index (χ4n) is 3.53. The van der Waals surface area contributed by atoms with Gasteiger partial charge in [-0.25, -0.2) is 4.98 Å². The molecule has 5 heteroatoms. The predicted molar refractivity (Wildman–Crippen MR) is 103 cm³/mol. The van der Waals surface area contributed by atoms with Crippen molar-refractivity contribution >= 4 is 15.9 Å². The molecular formula is C20H25BrN2O2. The molecule has 0 saturated carbocycles. The summed E-state index contributed by atoms with van der Waals surface area (Å²) in [4.78, 5) is 18.2. The van der Waals surface area contributed by atoms with E-state index in [0.717, 1.165) is 66.0 Å². The first-order valence-electron chi connectivity index (χ1n) is 9.03. The highest BCUT2D eigenvalue weighted by molar-refractivity contribution is 9.10. The zero-order valence-electron chi connectivity index (χ0n) is 14.9. The molecule has 0 aliphatic carbocycles. The monoisotopic (exact) mass is 404 g/mol. The minimum absolute atomic E-state index is 0.130. The lowest BCUT2D eigenvalue weighted by molar-refractivity contribution is 0.0676. The quantitative estimate of drug-likeness (QED) is 0.749. The summed E-state index contributed by atoms with van der Waals surface area (Å²) in [7, 11) is 0. The molecule has 1 aromatic carbocycles. The SMILES string of the molecule is CCCc1nc(C)n(C2CCOCC2)c(=O)c1Cc1ccc(Br)cc1. The summed E-state index contributed by atoms with van der Waals surface area (Å²) in [6.45, 7) is 5.52. The van der Waals surface area contributed by atoms with Crippen molar-refractivity contribution in [3.8, 4) is 0 Å². The Bertz CT molecular complexity index is 778. The highest BCUT2D eigenvalue weighted by Gasteiger charge is 2.22. The van der Waals surface area contributed by atoms with Crippen LogP contribution in [0.25, 0.3) is 0 Å². The van der Waals surface area contributed by atoms with Crippen LogP contribution in [0.2, 0.25) is 0 Å². The van der Waals surface area contributed by atoms with Crippen molar-refractivity contribution < 1.29 is 4.74 Å². The van der Waals surface area contributed by atoms with Gasteiger partial charge in [-0.3, -0.25) is 9.36 Å². The van der Waals surface area contributed by atoms with Gasteiger partial charge in [0.05, 0.1) is 5.69 Å². The largest absolute Gasteiger partial charge is 0.381 e. The van der Waals surface area contributed by atoms with Crippen molar-refractivity contribution in [2.24, 2.45) is 0 Å². The second kappa shape index (κ2) is 8.28. The maximum atomic E-state index is 13.3. The van der Waals surface area contributed by atoms with Gasteiger partial charge in [0.1, 0.15) is 5.82 Å². The zero-order valence-corrected chi connectivity index (χ0v) is 16.5. The lowest BCUT2D eigenvalue weighted by atomic mass is 10.0. The molecule has 0 bridgehead atoms. The summed E-state index contributed by atoms with van der Waals surface area (Å²) < 4.78 is 8.42. The number of benzene rings is 1. The average molecular weight is 405 g/mol. The molecule has 1 aliphatic heterocycles. The van der Waals surface area contributed by atoms with E-state index in [1.54, 1.807) is 0 Å². The fraction of sp³-hybridized carbons (Fsp3) is 0.500. The van der Waals surface area contributed by atoms with E-state index in [9.17, 15) is 4.79 Å². The Morgan fingerprint density at radius 3 is 2.56 bits per heavy atom. The van der Waals surface area contributed by atoms with Crippen molar-refractivity contribution in [1.29, 1.82) is 0 Å². The second-order valence-corrected chi connectivity index (χ2v) is 7.57. The van der Waals surface area contributed by atoms with Gasteiger partial charge in [0.25, 0.3) is 5.56 Å². The molecule has 134 valence electrons. The molecular weight excluding hydrogens is 380 g/mol. The van der Waals surface area contributed by atoms with Crippen molar-refractivity contribution in [3.63, 3.8) is 0 Å². The highest BCUT2D eigenvalue weighted by atomic mass is 79.9. The Morgan fingerprint density at radius 2 is 1.92 bits per heavy atom. The molecule has 0 radical (unpaired) electrons. The summed E-state index contributed by atoms with van der Waals surface area (Å²) in [5.74, 6) is 0.833. The van der Waals surface area contributed by atoms with Crippen LogP contribution in [0, 0.1) is 6.92 Å². The first-order chi connectivity index (χ1) is 12.1. The highest BCUT2D eigenvalue weighted by Crippen LogP contribution is 2.22. The van der Waals surface area contributed by atoms with Gasteiger partial charge in [0, 0.05) is 35.7 Å². The lowest BCUT2D eigenvalue weighted by Crippen LogP contribution is -2.35. The van der Waals surface area contributed by atoms with Gasteiger partial charge in [-0.2, -0.15) is 0 Å². The van der Waals surface area contributed by atoms with E-state index in [4.69, 9.17) is 9.72 Å². The van der Waals surface area contributed by atoms with Crippen LogP contribution < -0.4 is 5.56 Å². The molecule has 2 heterocycles. The molecule has 0 spiro atoms. The normalized spacial score (nSPS) is 15.5. The minimum atomic E-state index is 0.130. The molecule has 0 atom stereocenters. The fourth-order valence-corrected chi connectivity index (χ4v) is 3.80. The summed E-state index contributed by atoms with van der Waals surface area (Å²) in [6, 6.07) is 8.38. The van der Waals surface area contributed by atoms with E-state index < -0.39 is 0 Å². The van der Waals surface area contributed by atoms with Crippen molar-refractivity contribution in [1.82, 2.24) is 9.55 Å². The average Bonchev–Trinajstić information content (AvgIpc) is 2.61. The third-order valence-corrected chi connectivity index (χ3v) is 5.34. The summed E-state index contributed by atoms with van der Waals surface area (Å²) in [5.41, 5.74) is 3.07. The first-order valence-corrected chi connectivity index (χ1v) is 9.82. The van der Waals surface area contributed by atoms with Gasteiger partial charge in [0.2, 0.25) is 0 Å². The van der Waals surface area contributed by atoms with Gasteiger partial charge in [-0.1, -0.05) is 41.4 Å². The van der Waals surface area contributed by atoms with E-state index in [2.05, 4.69) is 35.0 Å². The van der Waals surface area contributed by atoms with Crippen LogP contribution in [-0.2, 0) is 17.6 Å². The van der Waals surface area contributed by atoms with Gasteiger partial charge in [-0.05, 0) is 43.9 Å². The summed E-state index contributed by atoms with van der Waals surface area (Å²) >= 11 is 3.47. The number of aryl methyl sites for hydroxylation is 2. The summed E-state index contributed by atoms with van der Waals surface area (Å²) in [5, 5.41) is 0. The molecule has 1 aliphatic rings. The third-order valence-electron chi connectivity index (χ3n) is 4.81. The Kier molecular flexibility index (Phi) is 6.07. The zero-order chi connectivity index (χ0) is 17.8. The molecule has 4 nitrogen and oxygen atoms in total. The van der Waals surface area contributed by atoms with E-state index >= 15 is 0 Å². The predicted octanol–water partition coefficient (Wildman–Crippen LogP) is 4.21. The number of halogens is 1. The third kappa shape index (κ3) is 4.21. The van der Waals surface area contributed by atoms with E-state index in [1.807, 2.05) is 23.6 Å². The molecule has 1 saturated heterocycles. The Hall–Kier alpha value is -1.46. The molecule has 0 amide bonds. The van der Waals surface area contributed by atoms with Crippen LogP contribution in [0.15, 0.2) is 33.5 Å². The Morgan fingerprint density at radius 1 is 1.24 bits per heavy atom. The molecule has 0 N–H and O–H groups in total. The van der Waals surface area contributed by atoms with Crippen LogP contribution in [0.4, 0.5) is 0 Å². The van der Waals surface area contributed by atoms with Crippen molar-refractivity contribution in [3.05, 3.63) is 61.7 Å². The van der Waals surface area contributed by atoms with E-state index in [0.29, 0.717) is 6.42 Å². The standard InChI is InChI=1S/C20H25BrN2O2/c1-3-4-19-18(13-15-5-7-16(21)8-6-15)20(24)23(14(2)22-19)17-9-11-25-12-10-17/h5-8,17H,3-4,9-13H2,1-2H3. The maximum absolute atomic E-state index is 13.3. The molecule has 0 unspecified atom stereocenters. The van der Waals surface area contributed by atoms with Crippen LogP contribution in [-0.4, -0.2) is 22.8 Å². The number of rotatable bonds is 5. The van der Waals surface area contributed by atoms with Crippen LogP contribution in [0.3, 0.4) is 0 Å². The van der Waals surface area contributed by atoms with Gasteiger partial charge in [0.15, 0.2) is 0 Å². The van der Waals surface area contributed by atoms with E-state index in [1.165, 1.54) is 0 Å². The molecule has 1 fully saturated rings. The number of aromatic nitrogens is 2. The molecule has 3 rings (SSSR count). The Balaban J connectivity index is 2.03. The minimum Gasteiger partial charge on any atom is -0.381 e. The van der Waals surface area contributed by atoms with Crippen LogP contribution in [0.1, 0.15) is 54.9 Å². The van der Waals surface area contributed by atoms with Crippen LogP contribution >= 0.6 is 15.9 Å². The van der Waals surface area contributed by atoms with Crippen molar-refractivity contribution in [2.45, 2.75) is 52.0 Å². The molecule has 25 heavy (non-hydrogen) atoms. The van der Waals surface area contributed by atoms with Gasteiger partial charge >= 0.3 is 0 Å². The molecule has 2 aromatic rings. The van der Waals surface area contributed by atoms with Crippen LogP contribution in [0.5, 0.6) is 0 Å². The second-order valence-electron chi connectivity index (χ2n) is 6.66. The number of hydrogen-bond donors (Lipinski definition) is 0. The Labute approximate surface area is 157 Å². The van der Waals surface area contributed by atoms with E-state index in [-0.39, 0.29) is 11.6 Å². The number of nitrogens with zero attached hydrogens (tertiary/aromatic N) is 2. The smallest absolute Gasteiger partial charge is 0.257 e. The van der Waals surface area contributed by atoms with Crippen molar-refractivity contribution in [2.75, 3.05) is 13.2 Å². The van der Waals surface area contributed by atoms with Gasteiger partial charge < -0.3 is 4.74 Å². The van der Waals surface area contributed by atoms with Gasteiger partial charge in [-0.15, -0.1) is 0 Å².